The molecule has 0 fully saturated rings. The lowest BCUT2D eigenvalue weighted by Crippen LogP contribution is -2.12. The zero-order valence-electron chi connectivity index (χ0n) is 7.21. The number of halogens is 1. The van der Waals surface area contributed by atoms with Gasteiger partial charge in [-0.1, -0.05) is 19.1 Å². The van der Waals surface area contributed by atoms with E-state index in [9.17, 15) is 4.79 Å². The van der Waals surface area contributed by atoms with Crippen LogP contribution >= 0.6 is 23.0 Å². The number of hydrogen-bond acceptors (Lipinski definition) is 2. The van der Waals surface area contributed by atoms with Crippen LogP contribution in [0.25, 0.3) is 0 Å². The molecule has 0 aliphatic heterocycles. The Balaban J connectivity index is 2.55. The van der Waals surface area contributed by atoms with E-state index in [-0.39, 0.29) is 11.9 Å². The molecule has 1 atom stereocenters. The lowest BCUT2D eigenvalue weighted by molar-refractivity contribution is -0.135. The fourth-order valence-corrected chi connectivity index (χ4v) is 1.45. The van der Waals surface area contributed by atoms with Gasteiger partial charge in [-0.2, -0.15) is 0 Å². The van der Waals surface area contributed by atoms with Gasteiger partial charge in [-0.25, -0.2) is 0 Å². The smallest absolute Gasteiger partial charge is 0.318 e. The Bertz CT molecular complexity index is 272. The highest BCUT2D eigenvalue weighted by Gasteiger charge is 2.13. The second-order valence-electron chi connectivity index (χ2n) is 2.84. The van der Waals surface area contributed by atoms with Crippen molar-refractivity contribution in [1.29, 1.82) is 0 Å². The number of hydrogen-bond donors (Lipinski definition) is 0. The Kier molecular flexibility index (Phi) is 4.03. The summed E-state index contributed by atoms with van der Waals surface area (Å²) in [7, 11) is 0. The molecule has 0 aromatic heterocycles. The summed E-state index contributed by atoms with van der Waals surface area (Å²) >= 11 is 1.61. The van der Waals surface area contributed by atoms with Crippen LogP contribution in [0.15, 0.2) is 18.2 Å². The van der Waals surface area contributed by atoms with Crippen molar-refractivity contribution in [2.24, 2.45) is 5.92 Å². The van der Waals surface area contributed by atoms with Gasteiger partial charge in [0.05, 0.1) is 5.92 Å². The first kappa shape index (κ1) is 10.3. The number of carbonyl (C=O) groups excluding carboxylic acids is 1. The van der Waals surface area contributed by atoms with Crippen LogP contribution in [0.2, 0.25) is 0 Å². The highest BCUT2D eigenvalue weighted by Crippen LogP contribution is 2.09. The molecule has 3 heteroatoms. The van der Waals surface area contributed by atoms with Gasteiger partial charge in [-0.05, 0) is 30.2 Å². The van der Waals surface area contributed by atoms with Crippen LogP contribution < -0.4 is 0 Å². The van der Waals surface area contributed by atoms with Crippen LogP contribution in [0.1, 0.15) is 12.5 Å². The largest absolute Gasteiger partial charge is 0.394 e. The fraction of sp³-hybridized carbons (Fsp3) is 0.300. The van der Waals surface area contributed by atoms with Gasteiger partial charge in [0, 0.05) is 0 Å². The van der Waals surface area contributed by atoms with E-state index in [1.54, 1.807) is 29.1 Å². The van der Waals surface area contributed by atoms with Crippen molar-refractivity contribution in [2.75, 3.05) is 0 Å². The van der Waals surface area contributed by atoms with E-state index >= 15 is 0 Å². The molecule has 1 rings (SSSR count). The topological polar surface area (TPSA) is 26.3 Å². The molecular weight excluding hydrogens is 279 g/mol. The maximum Gasteiger partial charge on any atom is 0.318 e. The third-order valence-electron chi connectivity index (χ3n) is 1.74. The van der Waals surface area contributed by atoms with Gasteiger partial charge in [0.1, 0.15) is 0 Å². The van der Waals surface area contributed by atoms with Gasteiger partial charge in [0.2, 0.25) is 0 Å². The second kappa shape index (κ2) is 5.07. The molecule has 0 spiro atoms. The monoisotopic (exact) mass is 288 g/mol. The molecule has 0 saturated carbocycles. The van der Waals surface area contributed by atoms with Crippen molar-refractivity contribution in [1.82, 2.24) is 0 Å². The van der Waals surface area contributed by atoms with Crippen molar-refractivity contribution in [3.63, 3.8) is 0 Å². The lowest BCUT2D eigenvalue weighted by atomic mass is 10.0. The van der Waals surface area contributed by atoms with Gasteiger partial charge in [0.25, 0.3) is 0 Å². The fourth-order valence-electron chi connectivity index (χ4n) is 1.02. The van der Waals surface area contributed by atoms with E-state index in [4.69, 9.17) is 0 Å². The molecule has 0 aliphatic rings. The summed E-state index contributed by atoms with van der Waals surface area (Å²) in [5.74, 6) is -0.291. The van der Waals surface area contributed by atoms with Crippen LogP contribution in [0.4, 0.5) is 0 Å². The van der Waals surface area contributed by atoms with E-state index in [0.717, 1.165) is 5.56 Å². The van der Waals surface area contributed by atoms with Gasteiger partial charge in [-0.15, -0.1) is 0 Å². The van der Waals surface area contributed by atoms with E-state index in [1.807, 2.05) is 19.1 Å². The molecule has 0 saturated heterocycles. The van der Waals surface area contributed by atoms with Crippen molar-refractivity contribution >= 4 is 29.0 Å². The van der Waals surface area contributed by atoms with Crippen molar-refractivity contribution in [3.8, 4) is 0 Å². The lowest BCUT2D eigenvalue weighted by Gasteiger charge is -2.06. The molecule has 13 heavy (non-hydrogen) atoms. The highest BCUT2D eigenvalue weighted by atomic mass is 127. The van der Waals surface area contributed by atoms with Gasteiger partial charge in [0.15, 0.2) is 23.0 Å². The second-order valence-corrected chi connectivity index (χ2v) is 3.28. The first-order valence-electron chi connectivity index (χ1n) is 3.93. The standard InChI is InChI=1S/C10H9IO2/c1-8(10(12)13-11)7-9-5-3-2-4-6-9/h3,5-6,8H,7H2,1H3/t8-/m1/s1. The molecule has 0 radical (unpaired) electrons. The molecule has 2 nitrogen and oxygen atoms in total. The quantitative estimate of drug-likeness (QED) is 0.798. The summed E-state index contributed by atoms with van der Waals surface area (Å²) in [6.45, 7) is 1.84. The highest BCUT2D eigenvalue weighted by molar-refractivity contribution is 14.1. The zero-order valence-corrected chi connectivity index (χ0v) is 9.37. The minimum absolute atomic E-state index is 0.104. The summed E-state index contributed by atoms with van der Waals surface area (Å²) in [6, 6.07) is 11.2. The molecule has 0 unspecified atom stereocenters. The third-order valence-corrected chi connectivity index (χ3v) is 2.18. The Morgan fingerprint density at radius 3 is 3.00 bits per heavy atom. The van der Waals surface area contributed by atoms with E-state index in [1.165, 1.54) is 0 Å². The van der Waals surface area contributed by atoms with E-state index < -0.39 is 0 Å². The van der Waals surface area contributed by atoms with Crippen molar-refractivity contribution < 1.29 is 7.86 Å². The molecule has 0 heterocycles. The van der Waals surface area contributed by atoms with Gasteiger partial charge in [-0.3, -0.25) is 4.79 Å². The summed E-state index contributed by atoms with van der Waals surface area (Å²) in [5, 5.41) is 0. The average molecular weight is 288 g/mol. The minimum atomic E-state index is -0.187. The summed E-state index contributed by atoms with van der Waals surface area (Å²) in [6.07, 6.45) is 0.688. The van der Waals surface area contributed by atoms with Crippen molar-refractivity contribution in [2.45, 2.75) is 13.3 Å². The molecule has 0 bridgehead atoms. The molecule has 1 aromatic rings. The molecule has 1 aromatic carbocycles. The van der Waals surface area contributed by atoms with Crippen LogP contribution in [0, 0.1) is 18.1 Å². The number of carbonyl (C=O) groups is 1. The Labute approximate surface area is 92.0 Å². The molecular formula is C10H9IO2. The maximum atomic E-state index is 11.1. The summed E-state index contributed by atoms with van der Waals surface area (Å²) < 4.78 is 4.60. The van der Waals surface area contributed by atoms with Crippen LogP contribution in [-0.2, 0) is 14.3 Å². The van der Waals surface area contributed by atoms with Gasteiger partial charge < -0.3 is 3.07 Å². The predicted octanol–water partition coefficient (Wildman–Crippen LogP) is 2.36. The molecule has 0 amide bonds. The zero-order chi connectivity index (χ0) is 9.68. The maximum absolute atomic E-state index is 11.1. The van der Waals surface area contributed by atoms with Crippen LogP contribution in [0.3, 0.4) is 0 Å². The Morgan fingerprint density at radius 1 is 1.69 bits per heavy atom. The Hall–Kier alpha value is -0.760. The summed E-state index contributed by atoms with van der Waals surface area (Å²) in [4.78, 5) is 11.1. The molecule has 0 aliphatic carbocycles. The Morgan fingerprint density at radius 2 is 2.46 bits per heavy atom. The molecule has 68 valence electrons. The summed E-state index contributed by atoms with van der Waals surface area (Å²) in [5.41, 5.74) is 1.08. The van der Waals surface area contributed by atoms with Crippen LogP contribution in [0.5, 0.6) is 0 Å². The normalized spacial score (nSPS) is 11.5. The minimum Gasteiger partial charge on any atom is -0.394 e. The number of rotatable bonds is 3. The van der Waals surface area contributed by atoms with Crippen LogP contribution in [-0.4, -0.2) is 5.97 Å². The third kappa shape index (κ3) is 3.23. The molecule has 0 N–H and O–H groups in total. The predicted molar refractivity (Wildman–Crippen MR) is 57.1 cm³/mol. The SMILES string of the molecule is C[C@H](Cc1cc#ccc1)C(=O)OI. The van der Waals surface area contributed by atoms with Gasteiger partial charge >= 0.3 is 5.97 Å². The van der Waals surface area contributed by atoms with Crippen molar-refractivity contribution in [3.05, 3.63) is 35.9 Å². The van der Waals surface area contributed by atoms with E-state index in [2.05, 4.69) is 15.2 Å². The first-order chi connectivity index (χ1) is 6.24. The first-order valence-corrected chi connectivity index (χ1v) is 4.81. The average Bonchev–Trinajstić information content (AvgIpc) is 2.18. The van der Waals surface area contributed by atoms with E-state index in [0.29, 0.717) is 6.42 Å².